The van der Waals surface area contributed by atoms with Gasteiger partial charge >= 0.3 is 0 Å². The molecule has 5 heteroatoms. The van der Waals surface area contributed by atoms with Crippen molar-refractivity contribution in [2.45, 2.75) is 6.92 Å². The van der Waals surface area contributed by atoms with Crippen molar-refractivity contribution in [1.82, 2.24) is 5.43 Å². The van der Waals surface area contributed by atoms with Gasteiger partial charge < -0.3 is 9.84 Å². The number of hydrogen-bond donors (Lipinski definition) is 2. The fraction of sp³-hybridized carbons (Fsp3) is 0.125. The first-order valence-corrected chi connectivity index (χ1v) is 6.39. The number of phenolic OH excluding ortho intramolecular Hbond substituents is 1. The van der Waals surface area contributed by atoms with Crippen LogP contribution in [0.3, 0.4) is 0 Å². The molecule has 2 rings (SSSR count). The van der Waals surface area contributed by atoms with Crippen LogP contribution in [-0.4, -0.2) is 23.8 Å². The van der Waals surface area contributed by atoms with Crippen LogP contribution in [0.2, 0.25) is 0 Å². The lowest BCUT2D eigenvalue weighted by Gasteiger charge is -2.05. The van der Waals surface area contributed by atoms with Crippen molar-refractivity contribution in [3.05, 3.63) is 59.7 Å². The molecule has 0 aliphatic heterocycles. The van der Waals surface area contributed by atoms with Crippen molar-refractivity contribution < 1.29 is 14.6 Å². The van der Waals surface area contributed by atoms with E-state index in [1.54, 1.807) is 62.6 Å². The second-order valence-corrected chi connectivity index (χ2v) is 4.38. The highest BCUT2D eigenvalue weighted by molar-refractivity contribution is 6.02. The van der Waals surface area contributed by atoms with Crippen molar-refractivity contribution in [1.29, 1.82) is 0 Å². The summed E-state index contributed by atoms with van der Waals surface area (Å²) in [6.07, 6.45) is 0. The van der Waals surface area contributed by atoms with Crippen LogP contribution >= 0.6 is 0 Å². The highest BCUT2D eigenvalue weighted by Gasteiger charge is 2.06. The number of hydrogen-bond acceptors (Lipinski definition) is 4. The SMILES string of the molecule is COc1ccc(C(=O)N/N=C(\C)c2ccccc2O)cc1. The highest BCUT2D eigenvalue weighted by atomic mass is 16.5. The number of nitrogens with one attached hydrogen (secondary N) is 1. The van der Waals surface area contributed by atoms with E-state index in [0.29, 0.717) is 22.6 Å². The topological polar surface area (TPSA) is 70.9 Å². The summed E-state index contributed by atoms with van der Waals surface area (Å²) in [5.74, 6) is 0.477. The molecule has 2 aromatic rings. The summed E-state index contributed by atoms with van der Waals surface area (Å²) >= 11 is 0. The number of para-hydroxylation sites is 1. The predicted octanol–water partition coefficient (Wildman–Crippen LogP) is 2.55. The molecule has 2 aromatic carbocycles. The maximum Gasteiger partial charge on any atom is 0.271 e. The molecule has 0 aliphatic carbocycles. The van der Waals surface area contributed by atoms with E-state index in [1.165, 1.54) is 0 Å². The van der Waals surface area contributed by atoms with Crippen LogP contribution in [0, 0.1) is 0 Å². The van der Waals surface area contributed by atoms with Gasteiger partial charge in [-0.25, -0.2) is 5.43 Å². The molecule has 0 saturated carbocycles. The van der Waals surface area contributed by atoms with Gasteiger partial charge in [-0.3, -0.25) is 4.79 Å². The second-order valence-electron chi connectivity index (χ2n) is 4.38. The monoisotopic (exact) mass is 284 g/mol. The van der Waals surface area contributed by atoms with E-state index in [0.717, 1.165) is 0 Å². The van der Waals surface area contributed by atoms with Crippen LogP contribution in [0.5, 0.6) is 11.5 Å². The molecule has 0 bridgehead atoms. The van der Waals surface area contributed by atoms with E-state index >= 15 is 0 Å². The number of ether oxygens (including phenoxy) is 1. The minimum absolute atomic E-state index is 0.123. The van der Waals surface area contributed by atoms with Crippen LogP contribution in [-0.2, 0) is 0 Å². The van der Waals surface area contributed by atoms with Crippen molar-refractivity contribution in [3.8, 4) is 11.5 Å². The molecular formula is C16H16N2O3. The molecule has 0 aliphatic rings. The van der Waals surface area contributed by atoms with Crippen molar-refractivity contribution in [3.63, 3.8) is 0 Å². The van der Waals surface area contributed by atoms with E-state index in [1.807, 2.05) is 0 Å². The minimum Gasteiger partial charge on any atom is -0.507 e. The van der Waals surface area contributed by atoms with Crippen molar-refractivity contribution in [2.75, 3.05) is 7.11 Å². The molecule has 108 valence electrons. The Balaban J connectivity index is 2.09. The zero-order chi connectivity index (χ0) is 15.2. The number of benzene rings is 2. The summed E-state index contributed by atoms with van der Waals surface area (Å²) in [6, 6.07) is 13.5. The fourth-order valence-corrected chi connectivity index (χ4v) is 1.78. The van der Waals surface area contributed by atoms with E-state index in [4.69, 9.17) is 4.74 Å². The molecule has 0 radical (unpaired) electrons. The lowest BCUT2D eigenvalue weighted by atomic mass is 10.1. The van der Waals surface area contributed by atoms with E-state index in [-0.39, 0.29) is 11.7 Å². The third-order valence-electron chi connectivity index (χ3n) is 2.97. The van der Waals surface area contributed by atoms with Crippen molar-refractivity contribution >= 4 is 11.6 Å². The van der Waals surface area contributed by atoms with Gasteiger partial charge in [0.15, 0.2) is 0 Å². The number of amides is 1. The van der Waals surface area contributed by atoms with Gasteiger partial charge in [0.2, 0.25) is 0 Å². The van der Waals surface area contributed by atoms with Crippen LogP contribution in [0.15, 0.2) is 53.6 Å². The molecule has 0 unspecified atom stereocenters. The van der Waals surface area contributed by atoms with E-state index in [2.05, 4.69) is 10.5 Å². The lowest BCUT2D eigenvalue weighted by Crippen LogP contribution is -2.19. The van der Waals surface area contributed by atoms with Gasteiger partial charge in [0.1, 0.15) is 11.5 Å². The molecule has 2 N–H and O–H groups in total. The molecule has 0 heterocycles. The molecular weight excluding hydrogens is 268 g/mol. The Bertz CT molecular complexity index is 663. The Hall–Kier alpha value is -2.82. The summed E-state index contributed by atoms with van der Waals surface area (Å²) in [7, 11) is 1.56. The normalized spacial score (nSPS) is 11.0. The summed E-state index contributed by atoms with van der Waals surface area (Å²) in [6.45, 7) is 1.71. The van der Waals surface area contributed by atoms with Gasteiger partial charge in [-0.2, -0.15) is 5.10 Å². The number of phenols is 1. The number of nitrogens with zero attached hydrogens (tertiary/aromatic N) is 1. The maximum absolute atomic E-state index is 11.9. The average molecular weight is 284 g/mol. The van der Waals surface area contributed by atoms with Gasteiger partial charge in [0, 0.05) is 11.1 Å². The van der Waals surface area contributed by atoms with Gasteiger partial charge in [-0.05, 0) is 43.3 Å². The third kappa shape index (κ3) is 3.60. The first-order chi connectivity index (χ1) is 10.1. The van der Waals surface area contributed by atoms with Gasteiger partial charge in [-0.1, -0.05) is 12.1 Å². The number of aromatic hydroxyl groups is 1. The molecule has 21 heavy (non-hydrogen) atoms. The Labute approximate surface area is 122 Å². The molecule has 0 saturated heterocycles. The van der Waals surface area contributed by atoms with Crippen LogP contribution in [0.25, 0.3) is 0 Å². The van der Waals surface area contributed by atoms with Crippen LogP contribution in [0.4, 0.5) is 0 Å². The third-order valence-corrected chi connectivity index (χ3v) is 2.97. The quantitative estimate of drug-likeness (QED) is 0.669. The van der Waals surface area contributed by atoms with Crippen molar-refractivity contribution in [2.24, 2.45) is 5.10 Å². The second kappa shape index (κ2) is 6.56. The highest BCUT2D eigenvalue weighted by Crippen LogP contribution is 2.16. The summed E-state index contributed by atoms with van der Waals surface area (Å²) < 4.78 is 5.03. The zero-order valence-corrected chi connectivity index (χ0v) is 11.8. The van der Waals surface area contributed by atoms with Gasteiger partial charge in [0.25, 0.3) is 5.91 Å². The lowest BCUT2D eigenvalue weighted by molar-refractivity contribution is 0.0955. The number of methoxy groups -OCH3 is 1. The zero-order valence-electron chi connectivity index (χ0n) is 11.8. The predicted molar refractivity (Wildman–Crippen MR) is 80.8 cm³/mol. The van der Waals surface area contributed by atoms with Gasteiger partial charge in [0.05, 0.1) is 12.8 Å². The number of rotatable bonds is 4. The summed E-state index contributed by atoms with van der Waals surface area (Å²) in [5, 5.41) is 13.7. The number of hydrazone groups is 1. The Morgan fingerprint density at radius 2 is 1.81 bits per heavy atom. The van der Waals surface area contributed by atoms with E-state index < -0.39 is 0 Å². The first kappa shape index (κ1) is 14.6. The number of carbonyl (C=O) groups excluding carboxylic acids is 1. The molecule has 0 atom stereocenters. The van der Waals surface area contributed by atoms with Gasteiger partial charge in [-0.15, -0.1) is 0 Å². The fourth-order valence-electron chi connectivity index (χ4n) is 1.78. The summed E-state index contributed by atoms with van der Waals surface area (Å²) in [4.78, 5) is 11.9. The molecule has 0 fully saturated rings. The Kier molecular flexibility index (Phi) is 4.56. The number of carbonyl (C=O) groups is 1. The average Bonchev–Trinajstić information content (AvgIpc) is 2.52. The van der Waals surface area contributed by atoms with Crippen LogP contribution < -0.4 is 10.2 Å². The summed E-state index contributed by atoms with van der Waals surface area (Å²) in [5.41, 5.74) is 4.04. The first-order valence-electron chi connectivity index (χ1n) is 6.39. The van der Waals surface area contributed by atoms with Crippen LogP contribution in [0.1, 0.15) is 22.8 Å². The Morgan fingerprint density at radius 1 is 1.14 bits per heavy atom. The molecule has 0 spiro atoms. The Morgan fingerprint density at radius 3 is 2.43 bits per heavy atom. The molecule has 0 aromatic heterocycles. The molecule has 1 amide bonds. The van der Waals surface area contributed by atoms with E-state index in [9.17, 15) is 9.90 Å². The standard InChI is InChI=1S/C16H16N2O3/c1-11(14-5-3-4-6-15(14)19)17-18-16(20)12-7-9-13(21-2)10-8-12/h3-10,19H,1-2H3,(H,18,20)/b17-11+. The molecule has 5 nitrogen and oxygen atoms in total. The maximum atomic E-state index is 11.9. The largest absolute Gasteiger partial charge is 0.507 e. The minimum atomic E-state index is -0.326. The smallest absolute Gasteiger partial charge is 0.271 e.